The third kappa shape index (κ3) is 12.9. The van der Waals surface area contributed by atoms with Gasteiger partial charge in [-0.05, 0) is 97.4 Å². The van der Waals surface area contributed by atoms with Gasteiger partial charge in [-0.1, -0.05) is 144 Å². The lowest BCUT2D eigenvalue weighted by Crippen LogP contribution is -2.67. The molecule has 1 saturated heterocycles. The van der Waals surface area contributed by atoms with Crippen molar-refractivity contribution in [3.63, 3.8) is 0 Å². The van der Waals surface area contributed by atoms with E-state index in [1.54, 1.807) is 0 Å². The van der Waals surface area contributed by atoms with Gasteiger partial charge in [0.1, 0.15) is 0 Å². The van der Waals surface area contributed by atoms with Gasteiger partial charge in [-0.25, -0.2) is 0 Å². The predicted octanol–water partition coefficient (Wildman–Crippen LogP) is 9.20. The Kier molecular flexibility index (Phi) is 17.4. The molecule has 4 atom stereocenters. The molecule has 7 nitrogen and oxygen atoms in total. The Balaban J connectivity index is 1.39. The zero-order valence-electron chi connectivity index (χ0n) is 37.4. The molecule has 4 unspecified atom stereocenters. The second-order valence-electron chi connectivity index (χ2n) is 17.0. The van der Waals surface area contributed by atoms with Crippen molar-refractivity contribution in [1.29, 1.82) is 0 Å². The minimum atomic E-state index is -2.97. The summed E-state index contributed by atoms with van der Waals surface area (Å²) in [4.78, 5) is 0. The van der Waals surface area contributed by atoms with Gasteiger partial charge in [0.05, 0.1) is 0 Å². The maximum Gasteiger partial charge on any atom is 0.343 e. The molecule has 0 N–H and O–H groups in total. The fourth-order valence-electron chi connectivity index (χ4n) is 8.28. The Morgan fingerprint density at radius 3 is 1.02 bits per heavy atom. The third-order valence-electron chi connectivity index (χ3n) is 11.4. The average Bonchev–Trinajstić information content (AvgIpc) is 3.26. The summed E-state index contributed by atoms with van der Waals surface area (Å²) in [5, 5.41) is 4.68. The molecule has 1 fully saturated rings. The van der Waals surface area contributed by atoms with Crippen LogP contribution in [0.2, 0.25) is 57.4 Å². The zero-order chi connectivity index (χ0) is 44.1. The van der Waals surface area contributed by atoms with Gasteiger partial charge < -0.3 is 29.7 Å². The highest BCUT2D eigenvalue weighted by Gasteiger charge is 2.56. The van der Waals surface area contributed by atoms with E-state index in [0.717, 1.165) is 31.4 Å². The first-order valence-corrected chi connectivity index (χ1v) is 38.5. The second kappa shape index (κ2) is 21.6. The van der Waals surface area contributed by atoms with Crippen LogP contribution in [0, 0.1) is 0 Å². The zero-order valence-corrected chi connectivity index (χ0v) is 44.4. The van der Waals surface area contributed by atoms with Crippen molar-refractivity contribution in [2.75, 3.05) is 19.8 Å². The van der Waals surface area contributed by atoms with Crippen LogP contribution in [0.25, 0.3) is 0 Å². The molecule has 5 rings (SSSR count). The van der Waals surface area contributed by atoms with Crippen LogP contribution in [0.1, 0.15) is 19.3 Å². The minimum absolute atomic E-state index is 0.529. The Bertz CT molecular complexity index is 1930. The highest BCUT2D eigenvalue weighted by atomic mass is 28.5. The first-order chi connectivity index (χ1) is 29.1. The Morgan fingerprint density at radius 2 is 0.738 bits per heavy atom. The van der Waals surface area contributed by atoms with Gasteiger partial charge in [-0.2, -0.15) is 0 Å². The summed E-state index contributed by atoms with van der Waals surface area (Å²) in [5.74, 6) is 0. The summed E-state index contributed by atoms with van der Waals surface area (Å²) in [6, 6.07) is 44.2. The van der Waals surface area contributed by atoms with Crippen LogP contribution in [-0.4, -0.2) is 79.0 Å². The van der Waals surface area contributed by atoms with Gasteiger partial charge in [-0.3, -0.25) is 0 Å². The molecule has 0 spiro atoms. The molecule has 0 saturated carbocycles. The molecule has 14 heteroatoms. The molecule has 0 radical (unpaired) electrons. The summed E-state index contributed by atoms with van der Waals surface area (Å²) in [5.41, 5.74) is 7.98. The lowest BCUT2D eigenvalue weighted by Gasteiger charge is -2.49. The Labute approximate surface area is 374 Å². The topological polar surface area (TPSA) is 64.6 Å². The molecule has 4 aromatic rings. The molecule has 0 bridgehead atoms. The third-order valence-corrected chi connectivity index (χ3v) is 38.7. The molecular formula is C47H68O7Si7. The number of hydrogen-bond donors (Lipinski definition) is 0. The lowest BCUT2D eigenvalue weighted by molar-refractivity contribution is 0.219. The first-order valence-electron chi connectivity index (χ1n) is 21.6. The van der Waals surface area contributed by atoms with E-state index in [4.69, 9.17) is 29.7 Å². The van der Waals surface area contributed by atoms with E-state index >= 15 is 0 Å². The molecule has 4 aromatic carbocycles. The fraction of sp³-hybridized carbons (Fsp3) is 0.319. The van der Waals surface area contributed by atoms with Crippen LogP contribution in [0.4, 0.5) is 0 Å². The van der Waals surface area contributed by atoms with E-state index in [1.807, 2.05) is 41.4 Å². The lowest BCUT2D eigenvalue weighted by atomic mass is 10.4. The van der Waals surface area contributed by atoms with Crippen molar-refractivity contribution in [3.8, 4) is 0 Å². The molecule has 0 aliphatic carbocycles. The normalized spacial score (nSPS) is 23.6. The van der Waals surface area contributed by atoms with Crippen LogP contribution in [0.5, 0.6) is 0 Å². The molecule has 0 amide bonds. The smallest absolute Gasteiger partial charge is 0.343 e. The van der Waals surface area contributed by atoms with Gasteiger partial charge >= 0.3 is 34.2 Å². The van der Waals surface area contributed by atoms with Gasteiger partial charge in [0.15, 0.2) is 0 Å². The number of benzene rings is 4. The highest BCUT2D eigenvalue weighted by molar-refractivity contribution is 7.02. The molecule has 1 aliphatic rings. The van der Waals surface area contributed by atoms with E-state index in [0.29, 0.717) is 25.9 Å². The van der Waals surface area contributed by atoms with Crippen molar-refractivity contribution in [2.24, 2.45) is 0 Å². The van der Waals surface area contributed by atoms with E-state index in [2.05, 4.69) is 168 Å². The Morgan fingerprint density at radius 1 is 0.443 bits per heavy atom. The molecule has 326 valence electrons. The van der Waals surface area contributed by atoms with Crippen LogP contribution >= 0.6 is 0 Å². The fourth-order valence-corrected chi connectivity index (χ4v) is 37.1. The van der Waals surface area contributed by atoms with Crippen LogP contribution in [-0.2, 0) is 29.7 Å². The van der Waals surface area contributed by atoms with Gasteiger partial charge in [-0.15, -0.1) is 26.3 Å². The van der Waals surface area contributed by atoms with Gasteiger partial charge in [0.25, 0.3) is 16.6 Å². The molecular weight excluding hydrogens is 873 g/mol. The SMILES string of the molecule is C=C[Si](C)(C)OCCC[Si]1(C)O[Si](C)(C=C)O[Si](C)(CCCO[Si](C=C)(c2ccccc2)c2ccccc2)O[Si](C)(CCCO[Si](C=C)(c2ccccc2)c2ccccc2)O1. The summed E-state index contributed by atoms with van der Waals surface area (Å²) in [6.45, 7) is 31.6. The highest BCUT2D eigenvalue weighted by Crippen LogP contribution is 2.37. The molecule has 61 heavy (non-hydrogen) atoms. The van der Waals surface area contributed by atoms with E-state index in [-0.39, 0.29) is 0 Å². The molecule has 1 aliphatic heterocycles. The quantitative estimate of drug-likeness (QED) is 0.0543. The van der Waals surface area contributed by atoms with Crippen LogP contribution < -0.4 is 20.7 Å². The van der Waals surface area contributed by atoms with Gasteiger partial charge in [0.2, 0.25) is 8.32 Å². The summed E-state index contributed by atoms with van der Waals surface area (Å²) in [6.07, 6.45) is 2.31. The minimum Gasteiger partial charge on any atom is -0.416 e. The van der Waals surface area contributed by atoms with E-state index in [9.17, 15) is 0 Å². The monoisotopic (exact) mass is 940 g/mol. The molecule has 0 aromatic heterocycles. The van der Waals surface area contributed by atoms with Crippen molar-refractivity contribution in [2.45, 2.75) is 76.7 Å². The maximum absolute atomic E-state index is 7.50. The summed E-state index contributed by atoms with van der Waals surface area (Å²) >= 11 is 0. The van der Waals surface area contributed by atoms with Crippen molar-refractivity contribution < 1.29 is 29.7 Å². The maximum atomic E-state index is 7.50. The average molecular weight is 942 g/mol. The van der Waals surface area contributed by atoms with Crippen molar-refractivity contribution >= 4 is 79.9 Å². The van der Waals surface area contributed by atoms with Crippen molar-refractivity contribution in [3.05, 3.63) is 170 Å². The van der Waals surface area contributed by atoms with Gasteiger partial charge in [0, 0.05) is 19.8 Å². The second-order valence-corrected chi connectivity index (χ2v) is 41.6. The standard InChI is InChI=1S/C47H68O7Si7/c1-11-55(5,6)48-38-27-41-57(8)51-56(7,12-2)52-58(9,42-28-39-49-60(13-3,44-30-19-15-20-31-44)45-32-21-16-22-33-45)54-59(10,53-57)43-29-40-50-61(14-4,46-34-23-17-24-35-46)47-36-25-18-26-37-47/h11-26,30-37H,1-4,27-29,38-43H2,5-10H3. The molecule has 1 heterocycles. The summed E-state index contributed by atoms with van der Waals surface area (Å²) < 4.78 is 49.8. The first kappa shape index (κ1) is 49.1. The van der Waals surface area contributed by atoms with E-state index < -0.39 is 59.2 Å². The largest absolute Gasteiger partial charge is 0.416 e. The van der Waals surface area contributed by atoms with Crippen LogP contribution in [0.15, 0.2) is 170 Å². The van der Waals surface area contributed by atoms with Crippen LogP contribution in [0.3, 0.4) is 0 Å². The number of hydrogen-bond acceptors (Lipinski definition) is 7. The number of rotatable bonds is 23. The van der Waals surface area contributed by atoms with E-state index in [1.165, 1.54) is 20.7 Å². The summed E-state index contributed by atoms with van der Waals surface area (Å²) in [7, 11) is -19.1. The predicted molar refractivity (Wildman–Crippen MR) is 271 cm³/mol. The van der Waals surface area contributed by atoms with Crippen molar-refractivity contribution in [1.82, 2.24) is 0 Å². The Hall–Kier alpha value is -2.92.